The number of halogens is 1. The fourth-order valence-electron chi connectivity index (χ4n) is 2.72. The summed E-state index contributed by atoms with van der Waals surface area (Å²) in [7, 11) is 1.78. The molecule has 7 heteroatoms. The summed E-state index contributed by atoms with van der Waals surface area (Å²) in [4.78, 5) is 18.3. The SMILES string of the molecule is CN=C(NCCC1CCCN(C(=O)OC(C)(C)C)C1)NC(C)(C)C.I. The average molecular weight is 468 g/mol. The third-order valence-electron chi connectivity index (χ3n) is 3.73. The van der Waals surface area contributed by atoms with Crippen molar-refractivity contribution in [3.05, 3.63) is 0 Å². The van der Waals surface area contributed by atoms with Gasteiger partial charge in [-0.2, -0.15) is 0 Å². The summed E-state index contributed by atoms with van der Waals surface area (Å²) in [5.41, 5.74) is -0.448. The zero-order valence-electron chi connectivity index (χ0n) is 16.9. The lowest BCUT2D eigenvalue weighted by Crippen LogP contribution is -2.48. The smallest absolute Gasteiger partial charge is 0.410 e. The van der Waals surface area contributed by atoms with Gasteiger partial charge >= 0.3 is 6.09 Å². The first-order valence-corrected chi connectivity index (χ1v) is 8.97. The van der Waals surface area contributed by atoms with Crippen LogP contribution >= 0.6 is 24.0 Å². The number of amides is 1. The molecule has 0 aliphatic carbocycles. The van der Waals surface area contributed by atoms with Crippen molar-refractivity contribution in [2.24, 2.45) is 10.9 Å². The van der Waals surface area contributed by atoms with Crippen LogP contribution in [0.25, 0.3) is 0 Å². The van der Waals surface area contributed by atoms with E-state index < -0.39 is 5.60 Å². The minimum Gasteiger partial charge on any atom is -0.444 e. The predicted octanol–water partition coefficient (Wildman–Crippen LogP) is 3.61. The van der Waals surface area contributed by atoms with E-state index in [-0.39, 0.29) is 35.6 Å². The van der Waals surface area contributed by atoms with E-state index in [1.54, 1.807) is 7.05 Å². The van der Waals surface area contributed by atoms with E-state index in [9.17, 15) is 4.79 Å². The number of nitrogens with zero attached hydrogens (tertiary/aromatic N) is 2. The molecule has 1 rings (SSSR count). The van der Waals surface area contributed by atoms with E-state index in [1.807, 2.05) is 25.7 Å². The summed E-state index contributed by atoms with van der Waals surface area (Å²) in [5, 5.41) is 6.71. The first-order chi connectivity index (χ1) is 11.0. The molecular weight excluding hydrogens is 431 g/mol. The standard InChI is InChI=1S/C18H36N4O2.HI/c1-17(2,3)21-15(19-7)20-11-10-14-9-8-12-22(13-14)16(23)24-18(4,5)6;/h14H,8-13H2,1-7H3,(H2,19,20,21);1H. The van der Waals surface area contributed by atoms with Crippen molar-refractivity contribution in [1.82, 2.24) is 15.5 Å². The lowest BCUT2D eigenvalue weighted by Gasteiger charge is -2.34. The molecule has 0 spiro atoms. The largest absolute Gasteiger partial charge is 0.444 e. The van der Waals surface area contributed by atoms with Gasteiger partial charge in [0.15, 0.2) is 5.96 Å². The van der Waals surface area contributed by atoms with Crippen molar-refractivity contribution in [3.8, 4) is 0 Å². The molecule has 1 fully saturated rings. The Hall–Kier alpha value is -0.730. The molecule has 148 valence electrons. The Morgan fingerprint density at radius 3 is 2.40 bits per heavy atom. The normalized spacial score (nSPS) is 19.1. The highest BCUT2D eigenvalue weighted by Gasteiger charge is 2.27. The Bertz CT molecular complexity index is 441. The van der Waals surface area contributed by atoms with Gasteiger partial charge in [-0.1, -0.05) is 0 Å². The second-order valence-corrected chi connectivity index (χ2v) is 8.60. The van der Waals surface area contributed by atoms with Crippen molar-refractivity contribution < 1.29 is 9.53 Å². The molecule has 1 heterocycles. The molecule has 1 aliphatic rings. The second-order valence-electron chi connectivity index (χ2n) is 8.60. The van der Waals surface area contributed by atoms with Gasteiger partial charge in [0.2, 0.25) is 0 Å². The highest BCUT2D eigenvalue weighted by molar-refractivity contribution is 14.0. The first-order valence-electron chi connectivity index (χ1n) is 8.97. The molecule has 1 saturated heterocycles. The molecule has 0 aromatic carbocycles. The molecular formula is C18H37IN4O2. The molecule has 1 unspecified atom stereocenters. The molecule has 0 saturated carbocycles. The van der Waals surface area contributed by atoms with Gasteiger partial charge in [-0.3, -0.25) is 4.99 Å². The first kappa shape index (κ1) is 24.3. The van der Waals surface area contributed by atoms with Gasteiger partial charge in [0.25, 0.3) is 0 Å². The van der Waals surface area contributed by atoms with E-state index in [1.165, 1.54) is 0 Å². The lowest BCUT2D eigenvalue weighted by atomic mass is 9.95. The number of ether oxygens (including phenoxy) is 1. The number of aliphatic imine (C=N–C) groups is 1. The second kappa shape index (κ2) is 10.4. The zero-order valence-corrected chi connectivity index (χ0v) is 19.3. The van der Waals surface area contributed by atoms with Crippen LogP contribution in [-0.4, -0.2) is 54.8 Å². The fraction of sp³-hybridized carbons (Fsp3) is 0.889. The summed E-state index contributed by atoms with van der Waals surface area (Å²) in [6, 6.07) is 0. The summed E-state index contributed by atoms with van der Waals surface area (Å²) in [5.74, 6) is 1.33. The van der Waals surface area contributed by atoms with E-state index >= 15 is 0 Å². The summed E-state index contributed by atoms with van der Waals surface area (Å²) in [6.07, 6.45) is 3.03. The minimum atomic E-state index is -0.434. The van der Waals surface area contributed by atoms with Crippen LogP contribution in [0.5, 0.6) is 0 Å². The number of likely N-dealkylation sites (tertiary alicyclic amines) is 1. The maximum absolute atomic E-state index is 12.2. The van der Waals surface area contributed by atoms with Crippen molar-refractivity contribution >= 4 is 36.0 Å². The van der Waals surface area contributed by atoms with Gasteiger partial charge in [-0.05, 0) is 66.7 Å². The molecule has 0 aromatic heterocycles. The molecule has 0 radical (unpaired) electrons. The van der Waals surface area contributed by atoms with Crippen molar-refractivity contribution in [2.45, 2.75) is 71.9 Å². The van der Waals surface area contributed by atoms with Crippen LogP contribution in [-0.2, 0) is 4.74 Å². The maximum atomic E-state index is 12.2. The summed E-state index contributed by atoms with van der Waals surface area (Å²) in [6.45, 7) is 14.5. The van der Waals surface area contributed by atoms with Crippen molar-refractivity contribution in [2.75, 3.05) is 26.7 Å². The number of guanidine groups is 1. The maximum Gasteiger partial charge on any atom is 0.410 e. The summed E-state index contributed by atoms with van der Waals surface area (Å²) < 4.78 is 5.48. The van der Waals surface area contributed by atoms with Gasteiger partial charge in [0, 0.05) is 32.2 Å². The third kappa shape index (κ3) is 10.8. The zero-order chi connectivity index (χ0) is 18.4. The van der Waals surface area contributed by atoms with Gasteiger partial charge in [0.05, 0.1) is 0 Å². The lowest BCUT2D eigenvalue weighted by molar-refractivity contribution is 0.0162. The quantitative estimate of drug-likeness (QED) is 0.378. The highest BCUT2D eigenvalue weighted by Crippen LogP contribution is 2.21. The van der Waals surface area contributed by atoms with E-state index in [2.05, 4.69) is 36.4 Å². The molecule has 1 aliphatic heterocycles. The van der Waals surface area contributed by atoms with E-state index in [0.29, 0.717) is 5.92 Å². The topological polar surface area (TPSA) is 66.0 Å². The van der Waals surface area contributed by atoms with Gasteiger partial charge in [0.1, 0.15) is 5.60 Å². The third-order valence-corrected chi connectivity index (χ3v) is 3.73. The van der Waals surface area contributed by atoms with Crippen LogP contribution in [0.2, 0.25) is 0 Å². The number of carbonyl (C=O) groups is 1. The highest BCUT2D eigenvalue weighted by atomic mass is 127. The van der Waals surface area contributed by atoms with Crippen LogP contribution in [0.15, 0.2) is 4.99 Å². The molecule has 2 N–H and O–H groups in total. The Balaban J connectivity index is 0.00000576. The Kier molecular flexibility index (Phi) is 10.1. The van der Waals surface area contributed by atoms with E-state index in [4.69, 9.17) is 4.74 Å². The monoisotopic (exact) mass is 468 g/mol. The number of hydrogen-bond acceptors (Lipinski definition) is 3. The summed E-state index contributed by atoms with van der Waals surface area (Å²) >= 11 is 0. The fourth-order valence-corrected chi connectivity index (χ4v) is 2.72. The van der Waals surface area contributed by atoms with Gasteiger partial charge in [-0.15, -0.1) is 24.0 Å². The predicted molar refractivity (Wildman–Crippen MR) is 115 cm³/mol. The van der Waals surface area contributed by atoms with Crippen LogP contribution in [0.1, 0.15) is 60.8 Å². The molecule has 0 aromatic rings. The molecule has 25 heavy (non-hydrogen) atoms. The van der Waals surface area contributed by atoms with Crippen LogP contribution < -0.4 is 10.6 Å². The molecule has 1 atom stereocenters. The Morgan fingerprint density at radius 2 is 1.88 bits per heavy atom. The average Bonchev–Trinajstić information content (AvgIpc) is 2.43. The van der Waals surface area contributed by atoms with Crippen molar-refractivity contribution in [3.63, 3.8) is 0 Å². The number of hydrogen-bond donors (Lipinski definition) is 2. The number of piperidine rings is 1. The molecule has 0 bridgehead atoms. The van der Waals surface area contributed by atoms with Crippen LogP contribution in [0.3, 0.4) is 0 Å². The minimum absolute atomic E-state index is 0. The number of nitrogens with one attached hydrogen (secondary N) is 2. The number of carbonyl (C=O) groups excluding carboxylic acids is 1. The van der Waals surface area contributed by atoms with Gasteiger partial charge in [-0.25, -0.2) is 4.79 Å². The van der Waals surface area contributed by atoms with E-state index in [0.717, 1.165) is 44.9 Å². The Morgan fingerprint density at radius 1 is 1.24 bits per heavy atom. The van der Waals surface area contributed by atoms with Crippen LogP contribution in [0.4, 0.5) is 4.79 Å². The molecule has 1 amide bonds. The van der Waals surface area contributed by atoms with Crippen molar-refractivity contribution in [1.29, 1.82) is 0 Å². The molecule has 6 nitrogen and oxygen atoms in total. The number of rotatable bonds is 3. The Labute approximate surface area is 170 Å². The van der Waals surface area contributed by atoms with Crippen LogP contribution in [0, 0.1) is 5.92 Å². The van der Waals surface area contributed by atoms with Gasteiger partial charge < -0.3 is 20.3 Å².